The smallest absolute Gasteiger partial charge is 0.417 e. The molecule has 0 radical (unpaired) electrons. The van der Waals surface area contributed by atoms with Crippen molar-refractivity contribution < 1.29 is 27.9 Å². The minimum atomic E-state index is -4.70. The van der Waals surface area contributed by atoms with Gasteiger partial charge in [0.15, 0.2) is 5.69 Å². The van der Waals surface area contributed by atoms with Gasteiger partial charge in [-0.1, -0.05) is 6.07 Å². The van der Waals surface area contributed by atoms with E-state index in [1.807, 2.05) is 0 Å². The summed E-state index contributed by atoms with van der Waals surface area (Å²) in [6, 6.07) is 2.84. The van der Waals surface area contributed by atoms with Crippen molar-refractivity contribution in [2.24, 2.45) is 0 Å². The van der Waals surface area contributed by atoms with E-state index in [0.717, 1.165) is 6.07 Å². The largest absolute Gasteiger partial charge is 0.476 e. The van der Waals surface area contributed by atoms with E-state index in [1.165, 1.54) is 27.9 Å². The Balaban J connectivity index is 2.08. The van der Waals surface area contributed by atoms with Crippen molar-refractivity contribution >= 4 is 11.9 Å². The molecule has 25 heavy (non-hydrogen) atoms. The van der Waals surface area contributed by atoms with Crippen LogP contribution in [0.5, 0.6) is 0 Å². The molecule has 0 unspecified atom stereocenters. The Bertz CT molecular complexity index is 904. The molecule has 1 aromatic carbocycles. The summed E-state index contributed by atoms with van der Waals surface area (Å²) in [4.78, 5) is 29.6. The molecule has 4 rings (SSSR count). The van der Waals surface area contributed by atoms with E-state index in [4.69, 9.17) is 0 Å². The highest BCUT2D eigenvalue weighted by Crippen LogP contribution is 2.43. The van der Waals surface area contributed by atoms with E-state index in [9.17, 15) is 27.9 Å². The summed E-state index contributed by atoms with van der Waals surface area (Å²) in [6.07, 6.45) is -2.46. The molecular weight excluding hydrogens is 339 g/mol. The zero-order chi connectivity index (χ0) is 17.9. The second kappa shape index (κ2) is 5.08. The van der Waals surface area contributed by atoms with Crippen molar-refractivity contribution in [1.82, 2.24) is 14.5 Å². The maximum absolute atomic E-state index is 13.4. The number of hydrogen-bond acceptors (Lipinski definition) is 3. The number of carboxylic acid groups (broad SMARTS) is 1. The van der Waals surface area contributed by atoms with Crippen LogP contribution in [0.2, 0.25) is 0 Å². The van der Waals surface area contributed by atoms with Crippen LogP contribution in [0.4, 0.5) is 13.2 Å². The molecule has 0 saturated carbocycles. The highest BCUT2D eigenvalue weighted by atomic mass is 19.4. The Morgan fingerprint density at radius 1 is 1.32 bits per heavy atom. The average Bonchev–Trinajstić information content (AvgIpc) is 3.17. The topological polar surface area (TPSA) is 75.4 Å². The predicted octanol–water partition coefficient (Wildman–Crippen LogP) is 2.88. The van der Waals surface area contributed by atoms with E-state index in [2.05, 4.69) is 4.98 Å². The summed E-state index contributed by atoms with van der Waals surface area (Å²) in [5, 5.41) is 9.38. The molecule has 2 aliphatic heterocycles. The van der Waals surface area contributed by atoms with Crippen molar-refractivity contribution in [2.45, 2.75) is 25.1 Å². The lowest BCUT2D eigenvalue weighted by Gasteiger charge is -2.23. The normalized spacial score (nSPS) is 19.2. The third-order valence-electron chi connectivity index (χ3n) is 4.66. The monoisotopic (exact) mass is 351 g/mol. The van der Waals surface area contributed by atoms with Crippen LogP contribution < -0.4 is 0 Å². The number of hydrogen-bond donors (Lipinski definition) is 1. The van der Waals surface area contributed by atoms with Crippen molar-refractivity contribution in [2.75, 3.05) is 6.54 Å². The molecule has 2 aromatic rings. The quantitative estimate of drug-likeness (QED) is 0.857. The minimum Gasteiger partial charge on any atom is -0.476 e. The number of aromatic carboxylic acids is 1. The molecule has 3 heterocycles. The third kappa shape index (κ3) is 2.15. The molecule has 0 bridgehead atoms. The molecule has 2 aliphatic rings. The summed E-state index contributed by atoms with van der Waals surface area (Å²) in [6.45, 7) is 0.277. The number of carboxylic acids is 1. The lowest BCUT2D eigenvalue weighted by atomic mass is 10.0. The summed E-state index contributed by atoms with van der Waals surface area (Å²) in [7, 11) is 0. The Hall–Kier alpha value is -2.84. The van der Waals surface area contributed by atoms with Gasteiger partial charge >= 0.3 is 12.1 Å². The van der Waals surface area contributed by atoms with Crippen molar-refractivity contribution in [3.8, 4) is 5.69 Å². The Kier molecular flexibility index (Phi) is 3.18. The van der Waals surface area contributed by atoms with Gasteiger partial charge in [-0.2, -0.15) is 13.2 Å². The summed E-state index contributed by atoms with van der Waals surface area (Å²) < 4.78 is 41.6. The molecule has 1 N–H and O–H groups in total. The van der Waals surface area contributed by atoms with Gasteiger partial charge in [0.2, 0.25) is 0 Å². The van der Waals surface area contributed by atoms with Gasteiger partial charge in [0.05, 0.1) is 28.6 Å². The molecule has 6 nitrogen and oxygen atoms in total. The molecule has 130 valence electrons. The van der Waals surface area contributed by atoms with Gasteiger partial charge in [-0.05, 0) is 25.0 Å². The molecule has 1 aromatic heterocycles. The van der Waals surface area contributed by atoms with Crippen molar-refractivity contribution in [1.29, 1.82) is 0 Å². The first-order valence-corrected chi connectivity index (χ1v) is 7.62. The summed E-state index contributed by atoms with van der Waals surface area (Å²) in [5.74, 6) is -2.01. The Morgan fingerprint density at radius 2 is 2.08 bits per heavy atom. The van der Waals surface area contributed by atoms with E-state index in [-0.39, 0.29) is 23.6 Å². The first-order chi connectivity index (χ1) is 11.8. The number of benzene rings is 1. The number of alkyl halides is 3. The lowest BCUT2D eigenvalue weighted by Crippen LogP contribution is -2.31. The number of carbonyl (C=O) groups is 2. The molecule has 9 heteroatoms. The Morgan fingerprint density at radius 3 is 2.76 bits per heavy atom. The molecular formula is C16H12F3N3O3. The van der Waals surface area contributed by atoms with Crippen LogP contribution in [0.25, 0.3) is 5.69 Å². The van der Waals surface area contributed by atoms with Crippen LogP contribution in [-0.2, 0) is 6.18 Å². The lowest BCUT2D eigenvalue weighted by molar-refractivity contribution is -0.138. The maximum atomic E-state index is 13.4. The first kappa shape index (κ1) is 15.7. The number of imidazole rings is 1. The summed E-state index contributed by atoms with van der Waals surface area (Å²) >= 11 is 0. The average molecular weight is 351 g/mol. The fourth-order valence-corrected chi connectivity index (χ4v) is 3.67. The fraction of sp³-hybridized carbons (Fsp3) is 0.312. The molecule has 1 amide bonds. The third-order valence-corrected chi connectivity index (χ3v) is 4.66. The zero-order valence-electron chi connectivity index (χ0n) is 12.7. The number of amides is 1. The Labute approximate surface area is 139 Å². The van der Waals surface area contributed by atoms with Gasteiger partial charge in [0.25, 0.3) is 5.91 Å². The number of aromatic nitrogens is 2. The predicted molar refractivity (Wildman–Crippen MR) is 78.5 cm³/mol. The molecule has 1 saturated heterocycles. The summed E-state index contributed by atoms with van der Waals surface area (Å²) in [5.41, 5.74) is -1.48. The standard InChI is InChI=1S/C16H12F3N3O3/c17-16(18,19)8-3-1-4-9-11(8)14(23)21-6-2-5-10(21)13-12(15(24)25)20-7-22(9)13/h1,3-4,7,10H,2,5-6H2,(H,24,25)/t10-/m0/s1. The van der Waals surface area contributed by atoms with E-state index in [1.54, 1.807) is 0 Å². The van der Waals surface area contributed by atoms with E-state index >= 15 is 0 Å². The minimum absolute atomic E-state index is 0.00391. The first-order valence-electron chi connectivity index (χ1n) is 7.62. The highest BCUT2D eigenvalue weighted by Gasteiger charge is 2.44. The second-order valence-electron chi connectivity index (χ2n) is 6.01. The van der Waals surface area contributed by atoms with Crippen LogP contribution in [0.1, 0.15) is 51.0 Å². The number of fused-ring (bicyclic) bond motifs is 5. The van der Waals surface area contributed by atoms with Gasteiger partial charge in [-0.15, -0.1) is 0 Å². The van der Waals surface area contributed by atoms with Crippen LogP contribution in [0.15, 0.2) is 24.5 Å². The zero-order valence-corrected chi connectivity index (χ0v) is 12.7. The second-order valence-corrected chi connectivity index (χ2v) is 6.01. The maximum Gasteiger partial charge on any atom is 0.417 e. The molecule has 1 atom stereocenters. The molecule has 0 aliphatic carbocycles. The number of rotatable bonds is 1. The van der Waals surface area contributed by atoms with Gasteiger partial charge in [-0.25, -0.2) is 9.78 Å². The SMILES string of the molecule is O=C(O)c1ncn2c1[C@@H]1CCCN1C(=O)c1c-2cccc1C(F)(F)F. The number of carbonyl (C=O) groups excluding carboxylic acids is 1. The van der Waals surface area contributed by atoms with Gasteiger partial charge < -0.3 is 10.0 Å². The molecule has 1 fully saturated rings. The van der Waals surface area contributed by atoms with Gasteiger partial charge in [-0.3, -0.25) is 9.36 Å². The van der Waals surface area contributed by atoms with E-state index < -0.39 is 35.2 Å². The van der Waals surface area contributed by atoms with Gasteiger partial charge in [0.1, 0.15) is 6.33 Å². The fourth-order valence-electron chi connectivity index (χ4n) is 3.67. The number of halogens is 3. The van der Waals surface area contributed by atoms with Crippen molar-refractivity contribution in [3.63, 3.8) is 0 Å². The molecule has 0 spiro atoms. The number of nitrogens with zero attached hydrogens (tertiary/aromatic N) is 3. The van der Waals surface area contributed by atoms with Gasteiger partial charge in [0, 0.05) is 6.54 Å². The highest BCUT2D eigenvalue weighted by molar-refractivity contribution is 6.01. The van der Waals surface area contributed by atoms with Crippen LogP contribution in [-0.4, -0.2) is 38.0 Å². The van der Waals surface area contributed by atoms with Crippen LogP contribution >= 0.6 is 0 Å². The van der Waals surface area contributed by atoms with E-state index in [0.29, 0.717) is 12.8 Å². The van der Waals surface area contributed by atoms with Crippen molar-refractivity contribution in [3.05, 3.63) is 47.0 Å². The van der Waals surface area contributed by atoms with Crippen LogP contribution in [0.3, 0.4) is 0 Å². The van der Waals surface area contributed by atoms with Crippen LogP contribution in [0, 0.1) is 0 Å².